The molecule has 4 amide bonds. The van der Waals surface area contributed by atoms with Gasteiger partial charge in [-0.3, -0.25) is 25.0 Å². The fourth-order valence-corrected chi connectivity index (χ4v) is 4.44. The second-order valence-corrected chi connectivity index (χ2v) is 8.52. The van der Waals surface area contributed by atoms with Gasteiger partial charge in [0.25, 0.3) is 17.5 Å². The predicted octanol–water partition coefficient (Wildman–Crippen LogP) is 4.66. The number of anilines is 1. The molecule has 1 fully saturated rings. The SMILES string of the molecule is CCOc1ccccc1N1C(=O)NC(=O)/C(=C\c2cn(Cc3cccc([N+](=O)[O-])c3)c3ccccc23)C1=O. The predicted molar refractivity (Wildman–Crippen MR) is 141 cm³/mol. The molecule has 0 atom stereocenters. The number of amides is 4. The number of nitrogens with one attached hydrogen (secondary N) is 1. The number of hydrogen-bond acceptors (Lipinski definition) is 6. The molecular weight excluding hydrogens is 488 g/mol. The molecule has 1 aliphatic heterocycles. The summed E-state index contributed by atoms with van der Waals surface area (Å²) >= 11 is 0. The van der Waals surface area contributed by atoms with E-state index in [2.05, 4.69) is 5.32 Å². The number of nitro benzene ring substituents is 1. The molecule has 0 saturated carbocycles. The van der Waals surface area contributed by atoms with Gasteiger partial charge in [-0.1, -0.05) is 42.5 Å². The van der Waals surface area contributed by atoms with E-state index < -0.39 is 22.8 Å². The van der Waals surface area contributed by atoms with Crippen LogP contribution in [-0.2, 0) is 16.1 Å². The summed E-state index contributed by atoms with van der Waals surface area (Å²) in [5, 5.41) is 14.2. The van der Waals surface area contributed by atoms with Gasteiger partial charge in [0.1, 0.15) is 11.3 Å². The van der Waals surface area contributed by atoms with E-state index in [9.17, 15) is 24.5 Å². The van der Waals surface area contributed by atoms with Crippen molar-refractivity contribution in [2.24, 2.45) is 0 Å². The van der Waals surface area contributed by atoms with Crippen LogP contribution < -0.4 is 15.0 Å². The van der Waals surface area contributed by atoms with Gasteiger partial charge in [-0.2, -0.15) is 0 Å². The third-order valence-corrected chi connectivity index (χ3v) is 6.10. The highest BCUT2D eigenvalue weighted by atomic mass is 16.6. The van der Waals surface area contributed by atoms with E-state index in [1.807, 2.05) is 28.8 Å². The van der Waals surface area contributed by atoms with Crippen molar-refractivity contribution >= 4 is 46.2 Å². The van der Waals surface area contributed by atoms with E-state index in [1.165, 1.54) is 18.2 Å². The van der Waals surface area contributed by atoms with Gasteiger partial charge in [-0.25, -0.2) is 9.69 Å². The van der Waals surface area contributed by atoms with Gasteiger partial charge < -0.3 is 9.30 Å². The minimum absolute atomic E-state index is 0.0112. The van der Waals surface area contributed by atoms with Crippen LogP contribution in [0.4, 0.5) is 16.2 Å². The summed E-state index contributed by atoms with van der Waals surface area (Å²) in [5.74, 6) is -1.25. The maximum absolute atomic E-state index is 13.5. The van der Waals surface area contributed by atoms with Crippen LogP contribution in [0, 0.1) is 10.1 Å². The molecule has 0 bridgehead atoms. The Morgan fingerprint density at radius 2 is 1.76 bits per heavy atom. The molecule has 0 unspecified atom stereocenters. The summed E-state index contributed by atoms with van der Waals surface area (Å²) in [7, 11) is 0. The number of fused-ring (bicyclic) bond motifs is 1. The Labute approximate surface area is 216 Å². The second kappa shape index (κ2) is 10.0. The molecule has 4 aromatic rings. The lowest BCUT2D eigenvalue weighted by Crippen LogP contribution is -2.54. The summed E-state index contributed by atoms with van der Waals surface area (Å²) < 4.78 is 7.47. The number of rotatable bonds is 7. The summed E-state index contributed by atoms with van der Waals surface area (Å²) in [6, 6.07) is 19.5. The number of imide groups is 2. The number of aromatic nitrogens is 1. The van der Waals surface area contributed by atoms with Crippen molar-refractivity contribution in [2.75, 3.05) is 11.5 Å². The van der Waals surface area contributed by atoms with Crippen molar-refractivity contribution in [2.45, 2.75) is 13.5 Å². The third-order valence-electron chi connectivity index (χ3n) is 6.10. The molecule has 1 N–H and O–H groups in total. The van der Waals surface area contributed by atoms with E-state index >= 15 is 0 Å². The lowest BCUT2D eigenvalue weighted by atomic mass is 10.1. The average Bonchev–Trinajstić information content (AvgIpc) is 3.24. The van der Waals surface area contributed by atoms with Gasteiger partial charge in [-0.05, 0) is 36.8 Å². The van der Waals surface area contributed by atoms with Crippen LogP contribution in [-0.4, -0.2) is 33.9 Å². The highest BCUT2D eigenvalue weighted by Crippen LogP contribution is 2.32. The van der Waals surface area contributed by atoms with Gasteiger partial charge in [0.15, 0.2) is 0 Å². The molecular formula is C28H22N4O6. The van der Waals surface area contributed by atoms with Crippen LogP contribution in [0.2, 0.25) is 0 Å². The molecule has 0 radical (unpaired) electrons. The molecule has 3 aromatic carbocycles. The van der Waals surface area contributed by atoms with E-state index in [-0.39, 0.29) is 16.9 Å². The number of hydrogen-bond donors (Lipinski definition) is 1. The van der Waals surface area contributed by atoms with Crippen molar-refractivity contribution in [3.8, 4) is 5.75 Å². The lowest BCUT2D eigenvalue weighted by molar-refractivity contribution is -0.384. The second-order valence-electron chi connectivity index (χ2n) is 8.52. The molecule has 10 heteroatoms. The van der Waals surface area contributed by atoms with E-state index in [4.69, 9.17) is 4.74 Å². The van der Waals surface area contributed by atoms with Crippen LogP contribution in [0.3, 0.4) is 0 Å². The highest BCUT2D eigenvalue weighted by Gasteiger charge is 2.38. The molecule has 1 saturated heterocycles. The standard InChI is InChI=1S/C28H22N4O6/c1-2-38-25-13-6-5-12-24(25)31-27(34)22(26(33)29-28(31)35)15-19-17-30(23-11-4-3-10-21(19)23)16-18-8-7-9-20(14-18)32(36)37/h3-15,17H,2,16H2,1H3,(H,29,33,35)/b22-15+. The Balaban J connectivity index is 1.56. The smallest absolute Gasteiger partial charge is 0.336 e. The first-order chi connectivity index (χ1) is 18.4. The number of para-hydroxylation sites is 3. The van der Waals surface area contributed by atoms with E-state index in [1.54, 1.807) is 49.5 Å². The number of benzene rings is 3. The number of carbonyl (C=O) groups is 3. The monoisotopic (exact) mass is 510 g/mol. The molecule has 0 spiro atoms. The summed E-state index contributed by atoms with van der Waals surface area (Å²) in [6.07, 6.45) is 3.22. The number of nitro groups is 1. The topological polar surface area (TPSA) is 124 Å². The first kappa shape index (κ1) is 24.4. The molecule has 38 heavy (non-hydrogen) atoms. The summed E-state index contributed by atoms with van der Waals surface area (Å²) in [5.41, 5.74) is 2.11. The number of ether oxygens (including phenoxy) is 1. The molecule has 5 rings (SSSR count). The quantitative estimate of drug-likeness (QED) is 0.167. The average molecular weight is 511 g/mol. The number of non-ortho nitro benzene ring substituents is 1. The fourth-order valence-electron chi connectivity index (χ4n) is 4.44. The van der Waals surface area contributed by atoms with Gasteiger partial charge >= 0.3 is 6.03 Å². The van der Waals surface area contributed by atoms with Gasteiger partial charge in [0.05, 0.1) is 17.2 Å². The third kappa shape index (κ3) is 4.50. The number of carbonyl (C=O) groups excluding carboxylic acids is 3. The van der Waals surface area contributed by atoms with Crippen molar-refractivity contribution in [1.82, 2.24) is 9.88 Å². The van der Waals surface area contributed by atoms with Gasteiger partial charge in [0.2, 0.25) is 0 Å². The van der Waals surface area contributed by atoms with Crippen LogP contribution in [0.25, 0.3) is 17.0 Å². The molecule has 10 nitrogen and oxygen atoms in total. The Morgan fingerprint density at radius 3 is 2.55 bits per heavy atom. The lowest BCUT2D eigenvalue weighted by Gasteiger charge is -2.27. The van der Waals surface area contributed by atoms with Crippen LogP contribution in [0.5, 0.6) is 5.75 Å². The minimum atomic E-state index is -0.864. The van der Waals surface area contributed by atoms with Crippen LogP contribution in [0.1, 0.15) is 18.1 Å². The zero-order valence-electron chi connectivity index (χ0n) is 20.3. The summed E-state index contributed by atoms with van der Waals surface area (Å²) in [6.45, 7) is 2.44. The first-order valence-corrected chi connectivity index (χ1v) is 11.8. The number of barbiturate groups is 1. The van der Waals surface area contributed by atoms with Crippen molar-refractivity contribution in [3.63, 3.8) is 0 Å². The Hall–Kier alpha value is -5.25. The highest BCUT2D eigenvalue weighted by molar-refractivity contribution is 6.39. The normalized spacial score (nSPS) is 14.7. The number of nitrogens with zero attached hydrogens (tertiary/aromatic N) is 3. The maximum Gasteiger partial charge on any atom is 0.336 e. The van der Waals surface area contributed by atoms with Crippen LogP contribution >= 0.6 is 0 Å². The van der Waals surface area contributed by atoms with Crippen molar-refractivity contribution < 1.29 is 24.0 Å². The fraction of sp³-hybridized carbons (Fsp3) is 0.107. The Bertz CT molecular complexity index is 1640. The summed E-state index contributed by atoms with van der Waals surface area (Å²) in [4.78, 5) is 50.6. The van der Waals surface area contributed by atoms with E-state index in [0.717, 1.165) is 21.4 Å². The maximum atomic E-state index is 13.5. The van der Waals surface area contributed by atoms with Gasteiger partial charge in [0, 0.05) is 41.3 Å². The van der Waals surface area contributed by atoms with Gasteiger partial charge in [-0.15, -0.1) is 0 Å². The largest absolute Gasteiger partial charge is 0.492 e. The number of urea groups is 1. The molecule has 2 heterocycles. The zero-order chi connectivity index (χ0) is 26.8. The molecule has 0 aliphatic carbocycles. The van der Waals surface area contributed by atoms with Crippen molar-refractivity contribution in [1.29, 1.82) is 0 Å². The molecule has 1 aromatic heterocycles. The minimum Gasteiger partial charge on any atom is -0.492 e. The van der Waals surface area contributed by atoms with Crippen molar-refractivity contribution in [3.05, 3.63) is 106 Å². The Morgan fingerprint density at radius 1 is 1.00 bits per heavy atom. The first-order valence-electron chi connectivity index (χ1n) is 11.8. The molecule has 190 valence electrons. The Kier molecular flexibility index (Phi) is 6.44. The van der Waals surface area contributed by atoms with Crippen LogP contribution in [0.15, 0.2) is 84.6 Å². The molecule has 1 aliphatic rings. The van der Waals surface area contributed by atoms with E-state index in [0.29, 0.717) is 24.5 Å². The zero-order valence-corrected chi connectivity index (χ0v) is 20.3.